The van der Waals surface area contributed by atoms with E-state index in [1.165, 1.54) is 19.3 Å². The second kappa shape index (κ2) is 10.6. The molecule has 0 radical (unpaired) electrons. The van der Waals surface area contributed by atoms with Crippen molar-refractivity contribution >= 4 is 0 Å². The quantitative estimate of drug-likeness (QED) is 0.750. The predicted octanol–water partition coefficient (Wildman–Crippen LogP) is 5.17. The van der Waals surface area contributed by atoms with Crippen LogP contribution in [0.5, 0.6) is 6.01 Å². The molecule has 0 saturated heterocycles. The van der Waals surface area contributed by atoms with Crippen molar-refractivity contribution in [3.05, 3.63) is 17.0 Å². The molecule has 1 aliphatic carbocycles. The topological polar surface area (TPSA) is 35.0 Å². The minimum atomic E-state index is 0.329. The summed E-state index contributed by atoms with van der Waals surface area (Å²) in [5.41, 5.74) is 3.22. The predicted molar refractivity (Wildman–Crippen MR) is 86.4 cm³/mol. The monoisotopic (exact) mass is 280 g/mol. The van der Waals surface area contributed by atoms with E-state index >= 15 is 0 Å². The Bertz CT molecular complexity index is 348. The molecule has 3 nitrogen and oxygen atoms in total. The van der Waals surface area contributed by atoms with Gasteiger partial charge in [-0.2, -0.15) is 0 Å². The highest BCUT2D eigenvalue weighted by Crippen LogP contribution is 2.22. The van der Waals surface area contributed by atoms with Crippen LogP contribution >= 0.6 is 0 Å². The lowest BCUT2D eigenvalue weighted by molar-refractivity contribution is 0.141. The normalized spacial score (nSPS) is 14.6. The first-order chi connectivity index (χ1) is 9.66. The van der Waals surface area contributed by atoms with Crippen molar-refractivity contribution < 1.29 is 4.74 Å². The molecule has 20 heavy (non-hydrogen) atoms. The van der Waals surface area contributed by atoms with E-state index in [0.717, 1.165) is 29.8 Å². The molecule has 0 N–H and O–H groups in total. The van der Waals surface area contributed by atoms with Gasteiger partial charge in [0.2, 0.25) is 0 Å². The average Bonchev–Trinajstić information content (AvgIpc) is 2.50. The highest BCUT2D eigenvalue weighted by molar-refractivity contribution is 5.23. The minimum Gasteiger partial charge on any atom is -0.460 e. The first-order valence-corrected chi connectivity index (χ1v) is 8.15. The summed E-state index contributed by atoms with van der Waals surface area (Å²) in [6.45, 7) is 14.1. The van der Waals surface area contributed by atoms with Crippen molar-refractivity contribution in [2.75, 3.05) is 0 Å². The summed E-state index contributed by atoms with van der Waals surface area (Å²) in [5.74, 6) is 0. The molecule has 0 unspecified atom stereocenters. The lowest BCUT2D eigenvalue weighted by Crippen LogP contribution is -2.21. The third-order valence-corrected chi connectivity index (χ3v) is 3.44. The fraction of sp³-hybridized carbons (Fsp3) is 0.765. The molecular formula is C17H32N2O. The zero-order chi connectivity index (χ0) is 15.5. The molecule has 3 heteroatoms. The molecule has 1 saturated carbocycles. The van der Waals surface area contributed by atoms with Gasteiger partial charge in [-0.15, -0.1) is 0 Å². The summed E-state index contributed by atoms with van der Waals surface area (Å²) in [5, 5.41) is 0. The van der Waals surface area contributed by atoms with Crippen molar-refractivity contribution in [3.63, 3.8) is 0 Å². The van der Waals surface area contributed by atoms with Gasteiger partial charge in [0, 0.05) is 11.4 Å². The van der Waals surface area contributed by atoms with Crippen LogP contribution in [0.3, 0.4) is 0 Å². The van der Waals surface area contributed by atoms with Gasteiger partial charge >= 0.3 is 6.01 Å². The van der Waals surface area contributed by atoms with Crippen LogP contribution < -0.4 is 4.74 Å². The number of hydrogen-bond acceptors (Lipinski definition) is 3. The average molecular weight is 280 g/mol. The summed E-state index contributed by atoms with van der Waals surface area (Å²) >= 11 is 0. The Morgan fingerprint density at radius 3 is 1.70 bits per heavy atom. The number of aryl methyl sites for hydroxylation is 2. The van der Waals surface area contributed by atoms with Crippen LogP contribution in [0.1, 0.15) is 76.8 Å². The maximum Gasteiger partial charge on any atom is 0.317 e. The molecule has 0 aromatic carbocycles. The number of nitrogens with zero attached hydrogens (tertiary/aromatic N) is 2. The molecular weight excluding hydrogens is 248 g/mol. The lowest BCUT2D eigenvalue weighted by Gasteiger charge is -2.22. The smallest absolute Gasteiger partial charge is 0.317 e. The molecule has 1 fully saturated rings. The second-order valence-corrected chi connectivity index (χ2v) is 4.68. The molecule has 1 heterocycles. The first kappa shape index (κ1) is 18.9. The van der Waals surface area contributed by atoms with Gasteiger partial charge < -0.3 is 4.74 Å². The zero-order valence-corrected chi connectivity index (χ0v) is 14.4. The van der Waals surface area contributed by atoms with Crippen LogP contribution in [0.15, 0.2) is 0 Å². The van der Waals surface area contributed by atoms with Crippen molar-refractivity contribution in [1.82, 2.24) is 9.97 Å². The minimum absolute atomic E-state index is 0.329. The Labute approximate surface area is 125 Å². The van der Waals surface area contributed by atoms with Gasteiger partial charge in [0.15, 0.2) is 0 Å². The Morgan fingerprint density at radius 2 is 1.25 bits per heavy atom. The zero-order valence-electron chi connectivity index (χ0n) is 14.4. The summed E-state index contributed by atoms with van der Waals surface area (Å²) < 4.78 is 5.85. The highest BCUT2D eigenvalue weighted by atomic mass is 16.5. The van der Waals surface area contributed by atoms with Crippen molar-refractivity contribution in [3.8, 4) is 6.01 Å². The van der Waals surface area contributed by atoms with Gasteiger partial charge in [-0.3, -0.25) is 0 Å². The van der Waals surface area contributed by atoms with Gasteiger partial charge in [-0.1, -0.05) is 34.1 Å². The Kier molecular flexibility index (Phi) is 10.0. The van der Waals surface area contributed by atoms with Gasteiger partial charge in [0.05, 0.1) is 0 Å². The molecule has 0 spiro atoms. The lowest BCUT2D eigenvalue weighted by atomic mass is 9.98. The van der Waals surface area contributed by atoms with Crippen molar-refractivity contribution in [2.45, 2.75) is 86.7 Å². The summed E-state index contributed by atoms with van der Waals surface area (Å²) in [6, 6.07) is 0.563. The third kappa shape index (κ3) is 5.89. The van der Waals surface area contributed by atoms with Gasteiger partial charge in [-0.05, 0) is 52.0 Å². The standard InChI is InChI=1S/C13H20N2O.2C2H6/c1-9-10(2)14-13(15-11(9)3)16-12-7-5-4-6-8-12;2*1-2/h12H,4-8H2,1-3H3;2*1-2H3. The largest absolute Gasteiger partial charge is 0.460 e. The van der Waals surface area contributed by atoms with Crippen molar-refractivity contribution in [2.24, 2.45) is 0 Å². The van der Waals surface area contributed by atoms with E-state index in [2.05, 4.69) is 16.9 Å². The van der Waals surface area contributed by atoms with Gasteiger partial charge in [-0.25, -0.2) is 9.97 Å². The van der Waals surface area contributed by atoms with E-state index in [4.69, 9.17) is 4.74 Å². The Morgan fingerprint density at radius 1 is 0.800 bits per heavy atom. The van der Waals surface area contributed by atoms with Gasteiger partial charge in [0.1, 0.15) is 6.10 Å². The SMILES string of the molecule is CC.CC.Cc1nc(OC2CCCCC2)nc(C)c1C. The number of hydrogen-bond donors (Lipinski definition) is 0. The van der Waals surface area contributed by atoms with Crippen LogP contribution in [-0.2, 0) is 0 Å². The van der Waals surface area contributed by atoms with E-state index in [-0.39, 0.29) is 0 Å². The molecule has 1 aromatic rings. The maximum absolute atomic E-state index is 5.85. The molecule has 0 aliphatic heterocycles. The molecule has 0 atom stereocenters. The molecule has 1 aromatic heterocycles. The second-order valence-electron chi connectivity index (χ2n) is 4.68. The number of rotatable bonds is 2. The summed E-state index contributed by atoms with van der Waals surface area (Å²) in [4.78, 5) is 8.79. The fourth-order valence-corrected chi connectivity index (χ4v) is 2.13. The van der Waals surface area contributed by atoms with Crippen LogP contribution in [0.2, 0.25) is 0 Å². The summed E-state index contributed by atoms with van der Waals surface area (Å²) in [6.07, 6.45) is 6.51. The summed E-state index contributed by atoms with van der Waals surface area (Å²) in [7, 11) is 0. The fourth-order valence-electron chi connectivity index (χ4n) is 2.13. The van der Waals surface area contributed by atoms with E-state index in [1.807, 2.05) is 41.5 Å². The van der Waals surface area contributed by atoms with E-state index < -0.39 is 0 Å². The molecule has 2 rings (SSSR count). The van der Waals surface area contributed by atoms with Crippen LogP contribution in [-0.4, -0.2) is 16.1 Å². The maximum atomic E-state index is 5.85. The Balaban J connectivity index is 0.000000829. The van der Waals surface area contributed by atoms with Crippen LogP contribution in [0.25, 0.3) is 0 Å². The Hall–Kier alpha value is -1.12. The van der Waals surface area contributed by atoms with Gasteiger partial charge in [0.25, 0.3) is 0 Å². The molecule has 0 bridgehead atoms. The molecule has 116 valence electrons. The van der Waals surface area contributed by atoms with E-state index in [0.29, 0.717) is 12.1 Å². The molecule has 1 aliphatic rings. The van der Waals surface area contributed by atoms with E-state index in [1.54, 1.807) is 0 Å². The van der Waals surface area contributed by atoms with E-state index in [9.17, 15) is 0 Å². The highest BCUT2D eigenvalue weighted by Gasteiger charge is 2.16. The van der Waals surface area contributed by atoms with Crippen LogP contribution in [0.4, 0.5) is 0 Å². The molecule has 0 amide bonds. The first-order valence-electron chi connectivity index (χ1n) is 8.15. The van der Waals surface area contributed by atoms with Crippen LogP contribution in [0, 0.1) is 20.8 Å². The number of aromatic nitrogens is 2. The third-order valence-electron chi connectivity index (χ3n) is 3.44. The van der Waals surface area contributed by atoms with Crippen molar-refractivity contribution in [1.29, 1.82) is 0 Å². The number of ether oxygens (including phenoxy) is 1.